The zero-order valence-electron chi connectivity index (χ0n) is 10.1. The lowest BCUT2D eigenvalue weighted by molar-refractivity contribution is 0.0690. The Bertz CT molecular complexity index is 719. The first-order valence-electron chi connectivity index (χ1n) is 5.41. The molecule has 1 aromatic carbocycles. The lowest BCUT2D eigenvalue weighted by Gasteiger charge is -2.02. The van der Waals surface area contributed by atoms with Crippen molar-refractivity contribution in [2.24, 2.45) is 0 Å². The van der Waals surface area contributed by atoms with E-state index in [9.17, 15) is 13.2 Å². The Balaban J connectivity index is 2.34. The minimum atomic E-state index is -3.11. The molecule has 0 saturated heterocycles. The van der Waals surface area contributed by atoms with E-state index in [-0.39, 0.29) is 11.4 Å². The Morgan fingerprint density at radius 3 is 2.68 bits per heavy atom. The third kappa shape index (κ3) is 3.41. The van der Waals surface area contributed by atoms with Crippen molar-refractivity contribution in [3.63, 3.8) is 0 Å². The number of hydrogen-bond acceptors (Lipinski definition) is 4. The highest BCUT2D eigenvalue weighted by atomic mass is 32.2. The van der Waals surface area contributed by atoms with Crippen LogP contribution in [0.3, 0.4) is 0 Å². The molecule has 0 spiro atoms. The fourth-order valence-corrected chi connectivity index (χ4v) is 2.49. The topological polar surface area (TPSA) is 100 Å². The Labute approximate surface area is 110 Å². The van der Waals surface area contributed by atoms with Crippen LogP contribution in [-0.2, 0) is 15.6 Å². The average molecular weight is 280 g/mol. The molecular formula is C12H12N2O4S. The highest BCUT2D eigenvalue weighted by Crippen LogP contribution is 2.20. The maximum absolute atomic E-state index is 11.2. The summed E-state index contributed by atoms with van der Waals surface area (Å²) in [5.41, 5.74) is 1.76. The molecule has 0 radical (unpaired) electrons. The lowest BCUT2D eigenvalue weighted by atomic mass is 10.1. The first-order chi connectivity index (χ1) is 8.85. The van der Waals surface area contributed by atoms with Crippen molar-refractivity contribution in [3.8, 4) is 11.3 Å². The number of carboxylic acid groups (broad SMARTS) is 1. The van der Waals surface area contributed by atoms with Gasteiger partial charge >= 0.3 is 5.97 Å². The number of H-pyrrole nitrogens is 1. The van der Waals surface area contributed by atoms with Crippen LogP contribution in [0.15, 0.2) is 30.3 Å². The molecule has 0 saturated carbocycles. The van der Waals surface area contributed by atoms with Crippen molar-refractivity contribution in [1.82, 2.24) is 10.2 Å². The first-order valence-corrected chi connectivity index (χ1v) is 7.47. The van der Waals surface area contributed by atoms with Gasteiger partial charge in [0, 0.05) is 11.8 Å². The van der Waals surface area contributed by atoms with E-state index in [1.807, 2.05) is 0 Å². The number of nitrogens with one attached hydrogen (secondary N) is 1. The van der Waals surface area contributed by atoms with Gasteiger partial charge in [0.25, 0.3) is 0 Å². The van der Waals surface area contributed by atoms with Gasteiger partial charge in [-0.25, -0.2) is 13.2 Å². The van der Waals surface area contributed by atoms with E-state index >= 15 is 0 Å². The van der Waals surface area contributed by atoms with E-state index in [1.165, 1.54) is 6.07 Å². The second-order valence-corrected chi connectivity index (χ2v) is 6.38. The molecule has 1 heterocycles. The first kappa shape index (κ1) is 13.3. The monoisotopic (exact) mass is 280 g/mol. The summed E-state index contributed by atoms with van der Waals surface area (Å²) in [5.74, 6) is -1.15. The summed E-state index contributed by atoms with van der Waals surface area (Å²) in [5, 5.41) is 15.1. The second-order valence-electron chi connectivity index (χ2n) is 4.24. The van der Waals surface area contributed by atoms with Gasteiger partial charge in [-0.2, -0.15) is 5.10 Å². The summed E-state index contributed by atoms with van der Waals surface area (Å²) in [7, 11) is -3.11. The van der Waals surface area contributed by atoms with Gasteiger partial charge < -0.3 is 5.11 Å². The number of nitrogens with zero attached hydrogens (tertiary/aromatic N) is 1. The van der Waals surface area contributed by atoms with Crippen molar-refractivity contribution in [2.75, 3.05) is 6.26 Å². The number of aromatic carboxylic acids is 1. The molecule has 0 aliphatic carbocycles. The van der Waals surface area contributed by atoms with Crippen LogP contribution in [-0.4, -0.2) is 35.9 Å². The minimum absolute atomic E-state index is 0.0106. The smallest absolute Gasteiger partial charge is 0.353 e. The van der Waals surface area contributed by atoms with Crippen molar-refractivity contribution < 1.29 is 18.3 Å². The molecule has 0 unspecified atom stereocenters. The van der Waals surface area contributed by atoms with Crippen molar-refractivity contribution in [1.29, 1.82) is 0 Å². The van der Waals surface area contributed by atoms with E-state index in [0.29, 0.717) is 16.8 Å². The zero-order chi connectivity index (χ0) is 14.0. The van der Waals surface area contributed by atoms with Gasteiger partial charge in [-0.1, -0.05) is 18.2 Å². The molecule has 7 heteroatoms. The van der Waals surface area contributed by atoms with Crippen molar-refractivity contribution in [2.45, 2.75) is 5.75 Å². The van der Waals surface area contributed by atoms with E-state index in [1.54, 1.807) is 24.3 Å². The highest BCUT2D eigenvalue weighted by Gasteiger charge is 2.10. The number of aromatic nitrogens is 2. The van der Waals surface area contributed by atoms with Crippen LogP contribution in [0, 0.1) is 0 Å². The largest absolute Gasteiger partial charge is 0.477 e. The number of hydrogen-bond donors (Lipinski definition) is 2. The van der Waals surface area contributed by atoms with Gasteiger partial charge in [0.2, 0.25) is 0 Å². The van der Waals surface area contributed by atoms with Gasteiger partial charge in [0.15, 0.2) is 9.84 Å². The van der Waals surface area contributed by atoms with Crippen LogP contribution in [0.5, 0.6) is 0 Å². The van der Waals surface area contributed by atoms with Crippen LogP contribution in [0.25, 0.3) is 11.3 Å². The molecule has 0 aliphatic rings. The number of rotatable bonds is 4. The molecule has 19 heavy (non-hydrogen) atoms. The fourth-order valence-electron chi connectivity index (χ4n) is 1.70. The molecular weight excluding hydrogens is 268 g/mol. The van der Waals surface area contributed by atoms with Gasteiger partial charge in [0.1, 0.15) is 5.69 Å². The van der Waals surface area contributed by atoms with Crippen LogP contribution in [0.1, 0.15) is 16.1 Å². The molecule has 0 atom stereocenters. The average Bonchev–Trinajstić information content (AvgIpc) is 2.76. The predicted molar refractivity (Wildman–Crippen MR) is 69.5 cm³/mol. The van der Waals surface area contributed by atoms with Gasteiger partial charge in [-0.3, -0.25) is 5.10 Å². The molecule has 6 nitrogen and oxygen atoms in total. The molecule has 100 valence electrons. The molecule has 2 N–H and O–H groups in total. The summed E-state index contributed by atoms with van der Waals surface area (Å²) >= 11 is 0. The van der Waals surface area contributed by atoms with E-state index in [0.717, 1.165) is 6.26 Å². The Hall–Kier alpha value is -2.15. The van der Waals surface area contributed by atoms with Crippen LogP contribution in [0.2, 0.25) is 0 Å². The SMILES string of the molecule is CS(=O)(=O)Cc1cccc(-c2cc(C(=O)O)[nH]n2)c1. The van der Waals surface area contributed by atoms with E-state index in [2.05, 4.69) is 10.2 Å². The zero-order valence-corrected chi connectivity index (χ0v) is 10.9. The third-order valence-electron chi connectivity index (χ3n) is 2.46. The molecule has 0 fully saturated rings. The summed E-state index contributed by atoms with van der Waals surface area (Å²) < 4.78 is 22.5. The van der Waals surface area contributed by atoms with Gasteiger partial charge in [-0.15, -0.1) is 0 Å². The summed E-state index contributed by atoms with van der Waals surface area (Å²) in [6, 6.07) is 8.25. The number of benzene rings is 1. The van der Waals surface area contributed by atoms with Gasteiger partial charge in [-0.05, 0) is 17.7 Å². The van der Waals surface area contributed by atoms with E-state index < -0.39 is 15.8 Å². The number of carboxylic acids is 1. The van der Waals surface area contributed by atoms with Crippen molar-refractivity contribution in [3.05, 3.63) is 41.6 Å². The highest BCUT2D eigenvalue weighted by molar-refractivity contribution is 7.89. The second kappa shape index (κ2) is 4.85. The molecule has 2 aromatic rings. The quantitative estimate of drug-likeness (QED) is 0.879. The number of carbonyl (C=O) groups is 1. The predicted octanol–water partition coefficient (Wildman–Crippen LogP) is 1.32. The summed E-state index contributed by atoms with van der Waals surface area (Å²) in [4.78, 5) is 10.7. The van der Waals surface area contributed by atoms with Crippen molar-refractivity contribution >= 4 is 15.8 Å². The number of sulfone groups is 1. The molecule has 2 rings (SSSR count). The van der Waals surface area contributed by atoms with Crippen LogP contribution >= 0.6 is 0 Å². The summed E-state index contributed by atoms with van der Waals surface area (Å²) in [6.07, 6.45) is 1.16. The van der Waals surface area contributed by atoms with Crippen LogP contribution in [0.4, 0.5) is 0 Å². The molecule has 0 amide bonds. The standard InChI is InChI=1S/C12H12N2O4S/c1-19(17,18)7-8-3-2-4-9(5-8)10-6-11(12(15)16)14-13-10/h2-6H,7H2,1H3,(H,13,14)(H,15,16). The lowest BCUT2D eigenvalue weighted by Crippen LogP contribution is -2.00. The Morgan fingerprint density at radius 1 is 1.37 bits per heavy atom. The maximum Gasteiger partial charge on any atom is 0.353 e. The maximum atomic E-state index is 11.2. The van der Waals surface area contributed by atoms with E-state index in [4.69, 9.17) is 5.11 Å². The molecule has 0 aliphatic heterocycles. The third-order valence-corrected chi connectivity index (χ3v) is 3.32. The summed E-state index contributed by atoms with van der Waals surface area (Å²) in [6.45, 7) is 0. The molecule has 0 bridgehead atoms. The molecule has 1 aromatic heterocycles. The normalized spacial score (nSPS) is 11.4. The number of aromatic amines is 1. The fraction of sp³-hybridized carbons (Fsp3) is 0.167. The Morgan fingerprint density at radius 2 is 2.11 bits per heavy atom. The minimum Gasteiger partial charge on any atom is -0.477 e. The van der Waals surface area contributed by atoms with Gasteiger partial charge in [0.05, 0.1) is 11.4 Å². The Kier molecular flexibility index (Phi) is 3.39. The van der Waals surface area contributed by atoms with Crippen LogP contribution < -0.4 is 0 Å².